The number of benzene rings is 1. The van der Waals surface area contributed by atoms with E-state index in [1.165, 1.54) is 16.7 Å². The van der Waals surface area contributed by atoms with Gasteiger partial charge in [0.2, 0.25) is 0 Å². The summed E-state index contributed by atoms with van der Waals surface area (Å²) in [6.07, 6.45) is 3.31. The molecule has 12 heavy (non-hydrogen) atoms. The van der Waals surface area contributed by atoms with Gasteiger partial charge in [0.05, 0.1) is 0 Å². The molecule has 0 radical (unpaired) electrons. The molecular weight excluding hydrogens is 144 g/mol. The molecule has 0 aromatic heterocycles. The second-order valence-corrected chi connectivity index (χ2v) is 2.98. The molecule has 0 N–H and O–H groups in total. The van der Waals surface area contributed by atoms with E-state index >= 15 is 0 Å². The monoisotopic (exact) mass is 160 g/mol. The first-order valence-corrected chi connectivity index (χ1v) is 4.50. The third-order valence-electron chi connectivity index (χ3n) is 2.22. The van der Waals surface area contributed by atoms with E-state index in [1.807, 2.05) is 0 Å². The van der Waals surface area contributed by atoms with Crippen molar-refractivity contribution in [3.63, 3.8) is 0 Å². The van der Waals surface area contributed by atoms with Crippen molar-refractivity contribution in [3.8, 4) is 0 Å². The smallest absolute Gasteiger partial charge is 0.0199 e. The summed E-state index contributed by atoms with van der Waals surface area (Å²) in [6.45, 7) is 6.46. The zero-order valence-corrected chi connectivity index (χ0v) is 8.09. The predicted octanol–water partition coefficient (Wildman–Crippen LogP) is 3.81. The number of allylic oxidation sites excluding steroid dienone is 2. The lowest BCUT2D eigenvalue weighted by Gasteiger charge is -2.07. The van der Waals surface area contributed by atoms with E-state index in [4.69, 9.17) is 0 Å². The molecule has 0 amide bonds. The highest BCUT2D eigenvalue weighted by atomic mass is 14.0. The van der Waals surface area contributed by atoms with Crippen LogP contribution in [0, 0.1) is 6.92 Å². The first-order valence-electron chi connectivity index (χ1n) is 4.50. The molecular formula is C12H16. The van der Waals surface area contributed by atoms with Gasteiger partial charge in [0, 0.05) is 0 Å². The van der Waals surface area contributed by atoms with E-state index in [9.17, 15) is 0 Å². The molecule has 0 saturated carbocycles. The SMILES string of the molecule is C/C=C(/CC)c1ccccc1C. The summed E-state index contributed by atoms with van der Waals surface area (Å²) in [4.78, 5) is 0. The largest absolute Gasteiger partial charge is 0.0838 e. The molecule has 1 rings (SSSR count). The average molecular weight is 160 g/mol. The van der Waals surface area contributed by atoms with Gasteiger partial charge in [0.25, 0.3) is 0 Å². The second-order valence-electron chi connectivity index (χ2n) is 2.98. The van der Waals surface area contributed by atoms with E-state index in [1.54, 1.807) is 0 Å². The summed E-state index contributed by atoms with van der Waals surface area (Å²) in [5, 5.41) is 0. The van der Waals surface area contributed by atoms with Crippen LogP contribution in [-0.2, 0) is 0 Å². The van der Waals surface area contributed by atoms with Crippen LogP contribution in [0.1, 0.15) is 31.4 Å². The Morgan fingerprint density at radius 1 is 1.33 bits per heavy atom. The molecule has 0 unspecified atom stereocenters. The molecule has 0 aliphatic heterocycles. The normalized spacial score (nSPS) is 11.8. The van der Waals surface area contributed by atoms with Crippen LogP contribution in [0.2, 0.25) is 0 Å². The van der Waals surface area contributed by atoms with Crippen molar-refractivity contribution in [2.24, 2.45) is 0 Å². The van der Waals surface area contributed by atoms with Gasteiger partial charge in [0.15, 0.2) is 0 Å². The molecule has 0 bridgehead atoms. The Hall–Kier alpha value is -1.04. The Bertz CT molecular complexity index is 282. The van der Waals surface area contributed by atoms with Crippen molar-refractivity contribution >= 4 is 5.57 Å². The lowest BCUT2D eigenvalue weighted by atomic mass is 9.99. The van der Waals surface area contributed by atoms with Gasteiger partial charge < -0.3 is 0 Å². The summed E-state index contributed by atoms with van der Waals surface area (Å²) >= 11 is 0. The van der Waals surface area contributed by atoms with Crippen molar-refractivity contribution in [1.82, 2.24) is 0 Å². The molecule has 64 valence electrons. The third-order valence-corrected chi connectivity index (χ3v) is 2.22. The highest BCUT2D eigenvalue weighted by molar-refractivity contribution is 5.67. The number of hydrogen-bond acceptors (Lipinski definition) is 0. The van der Waals surface area contributed by atoms with Crippen LogP contribution >= 0.6 is 0 Å². The summed E-state index contributed by atoms with van der Waals surface area (Å²) in [6, 6.07) is 8.53. The molecule has 0 nitrogen and oxygen atoms in total. The van der Waals surface area contributed by atoms with Crippen molar-refractivity contribution in [2.75, 3.05) is 0 Å². The molecule has 0 aliphatic carbocycles. The van der Waals surface area contributed by atoms with Crippen LogP contribution in [0.5, 0.6) is 0 Å². The predicted molar refractivity (Wildman–Crippen MR) is 55.1 cm³/mol. The lowest BCUT2D eigenvalue weighted by Crippen LogP contribution is -1.86. The molecule has 0 heterocycles. The van der Waals surface area contributed by atoms with Crippen molar-refractivity contribution in [2.45, 2.75) is 27.2 Å². The van der Waals surface area contributed by atoms with Gasteiger partial charge in [-0.05, 0) is 37.0 Å². The van der Waals surface area contributed by atoms with Crippen LogP contribution in [0.15, 0.2) is 30.3 Å². The van der Waals surface area contributed by atoms with E-state index in [-0.39, 0.29) is 0 Å². The minimum absolute atomic E-state index is 1.11. The second kappa shape index (κ2) is 4.10. The molecule has 1 aromatic rings. The summed E-state index contributed by atoms with van der Waals surface area (Å²) < 4.78 is 0. The van der Waals surface area contributed by atoms with E-state index in [0.29, 0.717) is 0 Å². The fourth-order valence-electron chi connectivity index (χ4n) is 1.48. The first kappa shape index (κ1) is 9.05. The van der Waals surface area contributed by atoms with Gasteiger partial charge in [-0.15, -0.1) is 0 Å². The van der Waals surface area contributed by atoms with Crippen molar-refractivity contribution in [3.05, 3.63) is 41.5 Å². The number of hydrogen-bond donors (Lipinski definition) is 0. The molecule has 0 aliphatic rings. The van der Waals surface area contributed by atoms with Crippen LogP contribution in [-0.4, -0.2) is 0 Å². The zero-order chi connectivity index (χ0) is 8.97. The van der Waals surface area contributed by atoms with E-state index in [2.05, 4.69) is 51.1 Å². The van der Waals surface area contributed by atoms with Crippen LogP contribution < -0.4 is 0 Å². The zero-order valence-electron chi connectivity index (χ0n) is 8.09. The number of rotatable bonds is 2. The standard InChI is InChI=1S/C12H16/c1-4-11(5-2)12-9-7-6-8-10(12)3/h4,6-9H,5H2,1-3H3/b11-4-. The minimum Gasteiger partial charge on any atom is -0.0838 e. The van der Waals surface area contributed by atoms with E-state index in [0.717, 1.165) is 6.42 Å². The quantitative estimate of drug-likeness (QED) is 0.617. The molecule has 0 spiro atoms. The van der Waals surface area contributed by atoms with Crippen molar-refractivity contribution in [1.29, 1.82) is 0 Å². The van der Waals surface area contributed by atoms with Gasteiger partial charge in [-0.2, -0.15) is 0 Å². The maximum Gasteiger partial charge on any atom is -0.0199 e. The van der Waals surface area contributed by atoms with Crippen molar-refractivity contribution < 1.29 is 0 Å². The van der Waals surface area contributed by atoms with Crippen LogP contribution in [0.3, 0.4) is 0 Å². The summed E-state index contributed by atoms with van der Waals surface area (Å²) in [7, 11) is 0. The average Bonchev–Trinajstić information content (AvgIpc) is 2.10. The topological polar surface area (TPSA) is 0 Å². The van der Waals surface area contributed by atoms with Gasteiger partial charge in [-0.3, -0.25) is 0 Å². The molecule has 0 saturated heterocycles. The maximum atomic E-state index is 2.20. The first-order chi connectivity index (χ1) is 5.79. The van der Waals surface area contributed by atoms with Gasteiger partial charge in [-0.25, -0.2) is 0 Å². The summed E-state index contributed by atoms with van der Waals surface area (Å²) in [5.74, 6) is 0. The Morgan fingerprint density at radius 2 is 2.00 bits per heavy atom. The molecule has 0 heteroatoms. The fraction of sp³-hybridized carbons (Fsp3) is 0.333. The van der Waals surface area contributed by atoms with E-state index < -0.39 is 0 Å². The minimum atomic E-state index is 1.11. The Kier molecular flexibility index (Phi) is 3.09. The van der Waals surface area contributed by atoms with Gasteiger partial charge >= 0.3 is 0 Å². The third kappa shape index (κ3) is 1.76. The molecule has 0 atom stereocenters. The Labute approximate surface area is 74.9 Å². The van der Waals surface area contributed by atoms with Gasteiger partial charge in [-0.1, -0.05) is 37.3 Å². The van der Waals surface area contributed by atoms with Gasteiger partial charge in [0.1, 0.15) is 0 Å². The highest BCUT2D eigenvalue weighted by Gasteiger charge is 1.99. The highest BCUT2D eigenvalue weighted by Crippen LogP contribution is 2.20. The number of aryl methyl sites for hydroxylation is 1. The Morgan fingerprint density at radius 3 is 2.50 bits per heavy atom. The maximum absolute atomic E-state index is 2.20. The van der Waals surface area contributed by atoms with Crippen LogP contribution in [0.25, 0.3) is 5.57 Å². The molecule has 0 fully saturated rings. The fourth-order valence-corrected chi connectivity index (χ4v) is 1.48. The lowest BCUT2D eigenvalue weighted by molar-refractivity contribution is 1.22. The van der Waals surface area contributed by atoms with Crippen LogP contribution in [0.4, 0.5) is 0 Å². The molecule has 1 aromatic carbocycles. The summed E-state index contributed by atoms with van der Waals surface area (Å²) in [5.41, 5.74) is 4.20. The Balaban J connectivity index is 3.10.